The summed E-state index contributed by atoms with van der Waals surface area (Å²) in [5.41, 5.74) is 0. The Bertz CT molecular complexity index is 300. The van der Waals surface area contributed by atoms with Crippen LogP contribution in [0.5, 0.6) is 0 Å². The zero-order valence-electron chi connectivity index (χ0n) is 7.87. The number of hydrogen-bond acceptors (Lipinski definition) is 4. The van der Waals surface area contributed by atoms with Crippen molar-refractivity contribution in [3.63, 3.8) is 0 Å². The molecule has 0 fully saturated rings. The van der Waals surface area contributed by atoms with Gasteiger partial charge in [-0.25, -0.2) is 4.98 Å². The lowest BCUT2D eigenvalue weighted by atomic mass is 10.3. The molecular weight excluding hydrogens is 166 g/mol. The van der Waals surface area contributed by atoms with Crippen molar-refractivity contribution in [2.24, 2.45) is 0 Å². The van der Waals surface area contributed by atoms with E-state index in [1.165, 1.54) is 0 Å². The van der Waals surface area contributed by atoms with Crippen molar-refractivity contribution in [1.82, 2.24) is 10.3 Å². The zero-order valence-corrected chi connectivity index (χ0v) is 7.87. The van der Waals surface area contributed by atoms with Gasteiger partial charge >= 0.3 is 0 Å². The fourth-order valence-corrected chi connectivity index (χ4v) is 1.00. The molecule has 0 amide bonds. The fraction of sp³-hybridized carbons (Fsp3) is 0.556. The average Bonchev–Trinajstić information content (AvgIpc) is 2.52. The highest BCUT2D eigenvalue weighted by Gasteiger charge is 2.09. The van der Waals surface area contributed by atoms with Crippen LogP contribution in [0, 0.1) is 18.3 Å². The van der Waals surface area contributed by atoms with Gasteiger partial charge in [0.15, 0.2) is 0 Å². The number of nitriles is 1. The predicted molar refractivity (Wildman–Crippen MR) is 47.9 cm³/mol. The monoisotopic (exact) mass is 179 g/mol. The van der Waals surface area contributed by atoms with E-state index in [-0.39, 0.29) is 6.04 Å². The molecule has 70 valence electrons. The normalized spacial score (nSPS) is 12.4. The Morgan fingerprint density at radius 2 is 2.54 bits per heavy atom. The molecule has 1 aromatic rings. The minimum atomic E-state index is 0.0713. The van der Waals surface area contributed by atoms with E-state index in [9.17, 15) is 0 Å². The Labute approximate surface area is 77.6 Å². The number of aryl methyl sites for hydroxylation is 1. The average molecular weight is 179 g/mol. The van der Waals surface area contributed by atoms with Gasteiger partial charge in [0.25, 0.3) is 0 Å². The fourth-order valence-electron chi connectivity index (χ4n) is 1.00. The van der Waals surface area contributed by atoms with Crippen LogP contribution in [0.15, 0.2) is 10.6 Å². The van der Waals surface area contributed by atoms with Gasteiger partial charge in [0, 0.05) is 13.0 Å². The van der Waals surface area contributed by atoms with Gasteiger partial charge in [0.05, 0.1) is 18.3 Å². The molecule has 1 rings (SSSR count). The molecule has 1 N–H and O–H groups in total. The molecule has 4 heteroatoms. The van der Waals surface area contributed by atoms with E-state index < -0.39 is 0 Å². The molecule has 0 spiro atoms. The minimum absolute atomic E-state index is 0.0713. The molecule has 0 aliphatic heterocycles. The predicted octanol–water partition coefficient (Wildman–Crippen LogP) is 1.55. The smallest absolute Gasteiger partial charge is 0.211 e. The van der Waals surface area contributed by atoms with E-state index in [2.05, 4.69) is 16.4 Å². The van der Waals surface area contributed by atoms with Crippen LogP contribution in [0.2, 0.25) is 0 Å². The van der Waals surface area contributed by atoms with Crippen molar-refractivity contribution in [2.45, 2.75) is 26.3 Å². The van der Waals surface area contributed by atoms with E-state index in [4.69, 9.17) is 9.68 Å². The van der Waals surface area contributed by atoms with Crippen LogP contribution in [-0.4, -0.2) is 11.5 Å². The molecule has 0 aliphatic carbocycles. The maximum Gasteiger partial charge on any atom is 0.211 e. The van der Waals surface area contributed by atoms with Gasteiger partial charge in [0.2, 0.25) is 5.89 Å². The molecule has 0 aliphatic rings. The van der Waals surface area contributed by atoms with Crippen molar-refractivity contribution in [2.75, 3.05) is 6.54 Å². The van der Waals surface area contributed by atoms with Gasteiger partial charge in [-0.3, -0.25) is 0 Å². The molecule has 0 saturated heterocycles. The number of nitrogens with zero attached hydrogens (tertiary/aromatic N) is 2. The summed E-state index contributed by atoms with van der Waals surface area (Å²) in [5.74, 6) is 1.49. The minimum Gasteiger partial charge on any atom is -0.444 e. The summed E-state index contributed by atoms with van der Waals surface area (Å²) in [4.78, 5) is 4.08. The highest BCUT2D eigenvalue weighted by molar-refractivity contribution is 4.95. The largest absolute Gasteiger partial charge is 0.444 e. The molecule has 1 heterocycles. The van der Waals surface area contributed by atoms with Gasteiger partial charge in [-0.05, 0) is 13.8 Å². The van der Waals surface area contributed by atoms with Crippen LogP contribution in [0.1, 0.15) is 31.0 Å². The quantitative estimate of drug-likeness (QED) is 0.712. The van der Waals surface area contributed by atoms with E-state index in [1.54, 1.807) is 6.20 Å². The standard InChI is InChI=1S/C9H13N3O/c1-7-6-12-9(13-7)8(2)11-5-3-4-10/h6,8,11H,3,5H2,1-2H3. The number of nitrogens with one attached hydrogen (secondary N) is 1. The SMILES string of the molecule is Cc1cnc(C(C)NCCC#N)o1. The van der Waals surface area contributed by atoms with E-state index in [0.29, 0.717) is 18.9 Å². The summed E-state index contributed by atoms with van der Waals surface area (Å²) in [7, 11) is 0. The lowest BCUT2D eigenvalue weighted by molar-refractivity contribution is 0.405. The first-order chi connectivity index (χ1) is 6.24. The van der Waals surface area contributed by atoms with Crippen LogP contribution < -0.4 is 5.32 Å². The van der Waals surface area contributed by atoms with Crippen LogP contribution in [0.3, 0.4) is 0 Å². The summed E-state index contributed by atoms with van der Waals surface area (Å²) in [6.07, 6.45) is 2.20. The maximum atomic E-state index is 8.32. The number of rotatable bonds is 4. The van der Waals surface area contributed by atoms with Gasteiger partial charge < -0.3 is 9.73 Å². The van der Waals surface area contributed by atoms with E-state index >= 15 is 0 Å². The van der Waals surface area contributed by atoms with Gasteiger partial charge in [0.1, 0.15) is 5.76 Å². The van der Waals surface area contributed by atoms with Crippen molar-refractivity contribution in [3.8, 4) is 6.07 Å². The summed E-state index contributed by atoms with van der Waals surface area (Å²) >= 11 is 0. The second kappa shape index (κ2) is 4.63. The second-order valence-electron chi connectivity index (χ2n) is 2.89. The molecular formula is C9H13N3O. The Morgan fingerprint density at radius 1 is 1.77 bits per heavy atom. The van der Waals surface area contributed by atoms with Gasteiger partial charge in [-0.1, -0.05) is 0 Å². The van der Waals surface area contributed by atoms with E-state index in [1.807, 2.05) is 13.8 Å². The third kappa shape index (κ3) is 2.88. The first-order valence-corrected chi connectivity index (χ1v) is 4.26. The van der Waals surface area contributed by atoms with Gasteiger partial charge in [-0.2, -0.15) is 5.26 Å². The third-order valence-corrected chi connectivity index (χ3v) is 1.70. The number of oxazole rings is 1. The van der Waals surface area contributed by atoms with Gasteiger partial charge in [-0.15, -0.1) is 0 Å². The first kappa shape index (κ1) is 9.75. The Balaban J connectivity index is 2.40. The van der Waals surface area contributed by atoms with Crippen LogP contribution in [0.25, 0.3) is 0 Å². The maximum absolute atomic E-state index is 8.32. The van der Waals surface area contributed by atoms with Crippen LogP contribution >= 0.6 is 0 Å². The van der Waals surface area contributed by atoms with Crippen LogP contribution in [0.4, 0.5) is 0 Å². The zero-order chi connectivity index (χ0) is 9.68. The van der Waals surface area contributed by atoms with E-state index in [0.717, 1.165) is 5.76 Å². The Hall–Kier alpha value is -1.34. The summed E-state index contributed by atoms with van der Waals surface area (Å²) in [5, 5.41) is 11.5. The molecule has 0 bridgehead atoms. The lowest BCUT2D eigenvalue weighted by Crippen LogP contribution is -2.19. The molecule has 0 saturated carbocycles. The summed E-state index contributed by atoms with van der Waals surface area (Å²) < 4.78 is 5.32. The Morgan fingerprint density at radius 3 is 3.08 bits per heavy atom. The number of hydrogen-bond donors (Lipinski definition) is 1. The highest BCUT2D eigenvalue weighted by Crippen LogP contribution is 2.11. The molecule has 13 heavy (non-hydrogen) atoms. The molecule has 1 aromatic heterocycles. The lowest BCUT2D eigenvalue weighted by Gasteiger charge is -2.07. The molecule has 1 atom stereocenters. The Kier molecular flexibility index (Phi) is 3.47. The topological polar surface area (TPSA) is 61.9 Å². The molecule has 0 aromatic carbocycles. The third-order valence-electron chi connectivity index (χ3n) is 1.70. The molecule has 4 nitrogen and oxygen atoms in total. The first-order valence-electron chi connectivity index (χ1n) is 4.26. The molecule has 1 unspecified atom stereocenters. The number of aromatic nitrogens is 1. The van der Waals surface area contributed by atoms with Crippen LogP contribution in [-0.2, 0) is 0 Å². The van der Waals surface area contributed by atoms with Crippen molar-refractivity contribution in [3.05, 3.63) is 17.8 Å². The second-order valence-corrected chi connectivity index (χ2v) is 2.89. The van der Waals surface area contributed by atoms with Crippen molar-refractivity contribution in [1.29, 1.82) is 5.26 Å². The van der Waals surface area contributed by atoms with Crippen molar-refractivity contribution < 1.29 is 4.42 Å². The molecule has 0 radical (unpaired) electrons. The highest BCUT2D eigenvalue weighted by atomic mass is 16.4. The summed E-state index contributed by atoms with van der Waals surface area (Å²) in [6.45, 7) is 4.49. The van der Waals surface area contributed by atoms with Crippen molar-refractivity contribution >= 4 is 0 Å². The summed E-state index contributed by atoms with van der Waals surface area (Å²) in [6, 6.07) is 2.14.